The smallest absolute Gasteiger partial charge is 0.144 e. The van der Waals surface area contributed by atoms with Gasteiger partial charge >= 0.3 is 0 Å². The number of nitrogen functional groups attached to an aromatic ring is 1. The van der Waals surface area contributed by atoms with E-state index >= 15 is 0 Å². The lowest BCUT2D eigenvalue weighted by molar-refractivity contribution is 0.634. The number of fused-ring (bicyclic) bond motifs is 1. The molecule has 0 amide bonds. The summed E-state index contributed by atoms with van der Waals surface area (Å²) in [6.07, 6.45) is 4.38. The number of rotatable bonds is 3. The maximum absolute atomic E-state index is 5.48. The Bertz CT molecular complexity index is 521. The number of hydrogen-bond acceptors (Lipinski definition) is 4. The third-order valence-corrected chi connectivity index (χ3v) is 3.16. The molecule has 1 unspecified atom stereocenters. The second kappa shape index (κ2) is 4.05. The summed E-state index contributed by atoms with van der Waals surface area (Å²) in [7, 11) is 0. The minimum atomic E-state index is 0.449. The van der Waals surface area contributed by atoms with Crippen molar-refractivity contribution in [3.63, 3.8) is 0 Å². The molecule has 3 N–H and O–H groups in total. The predicted molar refractivity (Wildman–Crippen MR) is 67.8 cm³/mol. The lowest BCUT2D eigenvalue weighted by Gasteiger charge is -2.30. The minimum absolute atomic E-state index is 0.449. The first-order valence-electron chi connectivity index (χ1n) is 5.72. The zero-order chi connectivity index (χ0) is 11.7. The Hall–Kier alpha value is -2.10. The van der Waals surface area contributed by atoms with Crippen LogP contribution in [0.5, 0.6) is 0 Å². The van der Waals surface area contributed by atoms with Crippen LogP contribution in [0, 0.1) is 0 Å². The summed E-state index contributed by atoms with van der Waals surface area (Å²) < 4.78 is 0. The Morgan fingerprint density at radius 1 is 1.24 bits per heavy atom. The molecule has 0 saturated heterocycles. The first-order valence-corrected chi connectivity index (χ1v) is 5.72. The number of anilines is 2. The zero-order valence-corrected chi connectivity index (χ0v) is 9.43. The van der Waals surface area contributed by atoms with Crippen LogP contribution in [0.3, 0.4) is 0 Å². The topological polar surface area (TPSA) is 63.8 Å². The van der Waals surface area contributed by atoms with Crippen molar-refractivity contribution in [3.8, 4) is 0 Å². The average Bonchev–Trinajstić information content (AvgIpc) is 2.33. The van der Waals surface area contributed by atoms with Crippen molar-refractivity contribution >= 4 is 11.6 Å². The molecule has 1 heterocycles. The molecule has 1 aromatic carbocycles. The highest BCUT2D eigenvalue weighted by molar-refractivity contribution is 5.43. The first-order chi connectivity index (χ1) is 8.33. The van der Waals surface area contributed by atoms with Crippen molar-refractivity contribution in [3.05, 3.63) is 47.8 Å². The maximum atomic E-state index is 5.48. The van der Waals surface area contributed by atoms with Gasteiger partial charge in [0.15, 0.2) is 0 Å². The van der Waals surface area contributed by atoms with Gasteiger partial charge < -0.3 is 11.1 Å². The highest BCUT2D eigenvalue weighted by atomic mass is 15.0. The summed E-state index contributed by atoms with van der Waals surface area (Å²) in [5, 5.41) is 3.29. The Balaban J connectivity index is 1.62. The van der Waals surface area contributed by atoms with Crippen LogP contribution in [0.15, 0.2) is 36.7 Å². The zero-order valence-electron chi connectivity index (χ0n) is 9.43. The van der Waals surface area contributed by atoms with Gasteiger partial charge in [0.25, 0.3) is 0 Å². The van der Waals surface area contributed by atoms with Crippen molar-refractivity contribution in [2.45, 2.75) is 12.3 Å². The third kappa shape index (κ3) is 1.93. The second-order valence-corrected chi connectivity index (χ2v) is 4.31. The summed E-state index contributed by atoms with van der Waals surface area (Å²) in [4.78, 5) is 8.16. The van der Waals surface area contributed by atoms with Crippen LogP contribution in [0.1, 0.15) is 17.0 Å². The largest absolute Gasteiger partial charge is 0.382 e. The molecular formula is C13H14N4. The Morgan fingerprint density at radius 2 is 2.12 bits per heavy atom. The van der Waals surface area contributed by atoms with Gasteiger partial charge in [0.1, 0.15) is 11.6 Å². The van der Waals surface area contributed by atoms with Crippen molar-refractivity contribution in [2.24, 2.45) is 0 Å². The van der Waals surface area contributed by atoms with Crippen molar-refractivity contribution in [1.29, 1.82) is 0 Å². The molecule has 0 saturated carbocycles. The number of hydrogen-bond donors (Lipinski definition) is 2. The number of nitrogens with zero attached hydrogens (tertiary/aromatic N) is 2. The van der Waals surface area contributed by atoms with E-state index in [1.807, 2.05) is 0 Å². The van der Waals surface area contributed by atoms with Crippen LogP contribution in [0.4, 0.5) is 11.6 Å². The van der Waals surface area contributed by atoms with E-state index in [1.165, 1.54) is 11.1 Å². The lowest BCUT2D eigenvalue weighted by atomic mass is 9.78. The van der Waals surface area contributed by atoms with Crippen molar-refractivity contribution in [2.75, 3.05) is 17.6 Å². The SMILES string of the molecule is Nc1cnc(NCC2Cc3ccccc32)cn1. The normalized spacial score (nSPS) is 17.1. The maximum Gasteiger partial charge on any atom is 0.144 e. The molecule has 17 heavy (non-hydrogen) atoms. The fraction of sp³-hybridized carbons (Fsp3) is 0.231. The first kappa shape index (κ1) is 10.1. The predicted octanol–water partition coefficient (Wildman–Crippen LogP) is 1.81. The van der Waals surface area contributed by atoms with E-state index in [0.717, 1.165) is 18.8 Å². The van der Waals surface area contributed by atoms with Gasteiger partial charge in [0.05, 0.1) is 12.4 Å². The van der Waals surface area contributed by atoms with Gasteiger partial charge in [-0.2, -0.15) is 0 Å². The molecule has 0 radical (unpaired) electrons. The van der Waals surface area contributed by atoms with E-state index in [0.29, 0.717) is 11.7 Å². The summed E-state index contributed by atoms with van der Waals surface area (Å²) in [5.74, 6) is 1.82. The van der Waals surface area contributed by atoms with Crippen LogP contribution in [0.2, 0.25) is 0 Å². The van der Waals surface area contributed by atoms with Crippen molar-refractivity contribution < 1.29 is 0 Å². The molecule has 1 aliphatic carbocycles. The van der Waals surface area contributed by atoms with E-state index in [2.05, 4.69) is 39.6 Å². The van der Waals surface area contributed by atoms with Gasteiger partial charge in [-0.1, -0.05) is 24.3 Å². The average molecular weight is 226 g/mol. The molecule has 86 valence electrons. The molecule has 1 aliphatic rings. The van der Waals surface area contributed by atoms with Gasteiger partial charge in [-0.05, 0) is 17.5 Å². The molecule has 0 spiro atoms. The van der Waals surface area contributed by atoms with E-state index < -0.39 is 0 Å². The third-order valence-electron chi connectivity index (χ3n) is 3.16. The van der Waals surface area contributed by atoms with E-state index in [9.17, 15) is 0 Å². The Kier molecular flexibility index (Phi) is 2.40. The minimum Gasteiger partial charge on any atom is -0.382 e. The lowest BCUT2D eigenvalue weighted by Crippen LogP contribution is -2.24. The summed E-state index contributed by atoms with van der Waals surface area (Å²) in [6.45, 7) is 0.898. The van der Waals surface area contributed by atoms with Crippen molar-refractivity contribution in [1.82, 2.24) is 9.97 Å². The summed E-state index contributed by atoms with van der Waals surface area (Å²) in [6, 6.07) is 8.57. The van der Waals surface area contributed by atoms with E-state index in [1.54, 1.807) is 12.4 Å². The molecule has 2 aromatic rings. The van der Waals surface area contributed by atoms with Gasteiger partial charge in [0.2, 0.25) is 0 Å². The molecule has 0 aliphatic heterocycles. The monoisotopic (exact) mass is 226 g/mol. The Morgan fingerprint density at radius 3 is 2.88 bits per heavy atom. The standard InChI is InChI=1S/C13H14N4/c14-12-7-17-13(8-15-12)16-6-10-5-9-3-1-2-4-11(9)10/h1-4,7-8,10H,5-6H2,(H2,14,15)(H,16,17). The number of aromatic nitrogens is 2. The van der Waals surface area contributed by atoms with Gasteiger partial charge in [-0.3, -0.25) is 0 Å². The fourth-order valence-corrected chi connectivity index (χ4v) is 2.20. The van der Waals surface area contributed by atoms with Crippen LogP contribution >= 0.6 is 0 Å². The van der Waals surface area contributed by atoms with Crippen LogP contribution in [0.25, 0.3) is 0 Å². The molecule has 0 bridgehead atoms. The molecule has 0 fully saturated rings. The number of nitrogens with one attached hydrogen (secondary N) is 1. The highest BCUT2D eigenvalue weighted by Crippen LogP contribution is 2.34. The van der Waals surface area contributed by atoms with Gasteiger partial charge in [-0.15, -0.1) is 0 Å². The number of benzene rings is 1. The highest BCUT2D eigenvalue weighted by Gasteiger charge is 2.24. The fourth-order valence-electron chi connectivity index (χ4n) is 2.20. The van der Waals surface area contributed by atoms with Gasteiger partial charge in [0, 0.05) is 12.5 Å². The van der Waals surface area contributed by atoms with E-state index in [4.69, 9.17) is 5.73 Å². The van der Waals surface area contributed by atoms with Crippen LogP contribution < -0.4 is 11.1 Å². The molecule has 4 heteroatoms. The second-order valence-electron chi connectivity index (χ2n) is 4.31. The van der Waals surface area contributed by atoms with E-state index in [-0.39, 0.29) is 0 Å². The molecule has 1 aromatic heterocycles. The van der Waals surface area contributed by atoms with Crippen LogP contribution in [-0.4, -0.2) is 16.5 Å². The van der Waals surface area contributed by atoms with Gasteiger partial charge in [-0.25, -0.2) is 9.97 Å². The molecule has 1 atom stereocenters. The van der Waals surface area contributed by atoms with Crippen LogP contribution in [-0.2, 0) is 6.42 Å². The molecule has 3 rings (SSSR count). The summed E-state index contributed by atoms with van der Waals surface area (Å²) >= 11 is 0. The Labute approximate surface area is 99.9 Å². The number of nitrogens with two attached hydrogens (primary N) is 1. The molecular weight excluding hydrogens is 212 g/mol. The quantitative estimate of drug-likeness (QED) is 0.837. The summed E-state index contributed by atoms with van der Waals surface area (Å²) in [5.41, 5.74) is 8.39. The molecule has 4 nitrogen and oxygen atoms in total.